The molecule has 7 heteroatoms. The summed E-state index contributed by atoms with van der Waals surface area (Å²) in [7, 11) is 1.89. The van der Waals surface area contributed by atoms with E-state index in [0.29, 0.717) is 10.4 Å². The van der Waals surface area contributed by atoms with Gasteiger partial charge in [0.1, 0.15) is 0 Å². The first-order valence-electron chi connectivity index (χ1n) is 8.18. The number of carbonyl (C=O) groups excluding carboxylic acids is 2. The van der Waals surface area contributed by atoms with Crippen LogP contribution in [0.5, 0.6) is 0 Å². The quantitative estimate of drug-likeness (QED) is 0.693. The number of amides is 2. The maximum atomic E-state index is 12.1. The van der Waals surface area contributed by atoms with E-state index in [1.54, 1.807) is 6.07 Å². The highest BCUT2D eigenvalue weighted by atomic mass is 32.1. The minimum Gasteiger partial charge on any atom is -0.343 e. The number of nitrogens with zero attached hydrogens (tertiary/aromatic N) is 2. The number of carbonyl (C=O) groups is 2. The average Bonchev–Trinajstić information content (AvgIpc) is 2.96. The number of fused-ring (bicyclic) bond motifs is 1. The van der Waals surface area contributed by atoms with Crippen molar-refractivity contribution >= 4 is 33.4 Å². The van der Waals surface area contributed by atoms with E-state index in [-0.39, 0.29) is 18.4 Å². The van der Waals surface area contributed by atoms with E-state index in [9.17, 15) is 9.59 Å². The van der Waals surface area contributed by atoms with E-state index in [2.05, 4.69) is 15.8 Å². The zero-order valence-electron chi connectivity index (χ0n) is 14.9. The van der Waals surface area contributed by atoms with E-state index in [0.717, 1.165) is 21.3 Å². The van der Waals surface area contributed by atoms with Crippen molar-refractivity contribution in [2.24, 2.45) is 12.1 Å². The van der Waals surface area contributed by atoms with Crippen LogP contribution in [0.4, 0.5) is 0 Å². The van der Waals surface area contributed by atoms with Crippen LogP contribution in [0.25, 0.3) is 10.2 Å². The van der Waals surface area contributed by atoms with Gasteiger partial charge in [0.05, 0.1) is 16.8 Å². The lowest BCUT2D eigenvalue weighted by molar-refractivity contribution is -0.120. The van der Waals surface area contributed by atoms with Crippen LogP contribution in [0.1, 0.15) is 21.5 Å². The lowest BCUT2D eigenvalue weighted by atomic mass is 10.1. The fraction of sp³-hybridized carbons (Fsp3) is 0.211. The van der Waals surface area contributed by atoms with Crippen molar-refractivity contribution in [3.63, 3.8) is 0 Å². The average molecular weight is 368 g/mol. The molecule has 2 aromatic carbocycles. The molecule has 0 bridgehead atoms. The third-order valence-corrected chi connectivity index (χ3v) is 5.28. The Morgan fingerprint density at radius 2 is 1.88 bits per heavy atom. The first kappa shape index (κ1) is 17.9. The highest BCUT2D eigenvalue weighted by Gasteiger charge is 2.09. The van der Waals surface area contributed by atoms with Gasteiger partial charge < -0.3 is 9.88 Å². The van der Waals surface area contributed by atoms with Crippen molar-refractivity contribution in [2.75, 3.05) is 6.54 Å². The number of thiazole rings is 1. The summed E-state index contributed by atoms with van der Waals surface area (Å²) in [6, 6.07) is 13.4. The SMILES string of the molecule is Cc1ccc(C(=O)NCC(=O)N/N=c2\sc3ccccc3n2C)cc1C. The molecule has 0 spiro atoms. The van der Waals surface area contributed by atoms with Gasteiger partial charge in [0.25, 0.3) is 11.8 Å². The van der Waals surface area contributed by atoms with Crippen LogP contribution in [-0.2, 0) is 11.8 Å². The number of rotatable bonds is 4. The summed E-state index contributed by atoms with van der Waals surface area (Å²) in [5, 5.41) is 6.76. The fourth-order valence-corrected chi connectivity index (χ4v) is 3.46. The zero-order valence-corrected chi connectivity index (χ0v) is 15.7. The van der Waals surface area contributed by atoms with Gasteiger partial charge in [-0.25, -0.2) is 5.43 Å². The fourth-order valence-electron chi connectivity index (χ4n) is 2.48. The molecule has 2 amide bonds. The number of hydrogen-bond acceptors (Lipinski definition) is 4. The minimum absolute atomic E-state index is 0.135. The molecular formula is C19H20N4O2S. The Morgan fingerprint density at radius 1 is 1.12 bits per heavy atom. The monoisotopic (exact) mass is 368 g/mol. The first-order chi connectivity index (χ1) is 12.5. The van der Waals surface area contributed by atoms with Crippen molar-refractivity contribution in [3.8, 4) is 0 Å². The number of benzene rings is 2. The topological polar surface area (TPSA) is 75.5 Å². The molecule has 3 rings (SSSR count). The molecule has 0 fully saturated rings. The Balaban J connectivity index is 1.62. The molecule has 0 aliphatic rings. The summed E-state index contributed by atoms with van der Waals surface area (Å²) < 4.78 is 3.00. The van der Waals surface area contributed by atoms with Gasteiger partial charge in [0, 0.05) is 12.6 Å². The number of hydrogen-bond donors (Lipinski definition) is 2. The third-order valence-electron chi connectivity index (χ3n) is 4.17. The Labute approximate surface area is 155 Å². The van der Waals surface area contributed by atoms with Crippen LogP contribution in [0.3, 0.4) is 0 Å². The van der Waals surface area contributed by atoms with Gasteiger partial charge in [0.2, 0.25) is 4.80 Å². The molecule has 0 atom stereocenters. The van der Waals surface area contributed by atoms with E-state index < -0.39 is 0 Å². The summed E-state index contributed by atoms with van der Waals surface area (Å²) in [4.78, 5) is 24.8. The molecule has 6 nitrogen and oxygen atoms in total. The Morgan fingerprint density at radius 3 is 2.62 bits per heavy atom. The molecule has 0 saturated carbocycles. The van der Waals surface area contributed by atoms with Crippen molar-refractivity contribution in [1.29, 1.82) is 0 Å². The highest BCUT2D eigenvalue weighted by Crippen LogP contribution is 2.14. The predicted octanol–water partition coefficient (Wildman–Crippen LogP) is 2.22. The molecule has 0 aliphatic carbocycles. The third kappa shape index (κ3) is 3.83. The van der Waals surface area contributed by atoms with Crippen LogP contribution < -0.4 is 15.5 Å². The number of aryl methyl sites for hydroxylation is 3. The van der Waals surface area contributed by atoms with Crippen LogP contribution in [0.15, 0.2) is 47.6 Å². The van der Waals surface area contributed by atoms with Crippen molar-refractivity contribution in [2.45, 2.75) is 13.8 Å². The molecule has 0 radical (unpaired) electrons. The van der Waals surface area contributed by atoms with Crippen molar-refractivity contribution in [3.05, 3.63) is 64.0 Å². The van der Waals surface area contributed by atoms with Gasteiger partial charge in [-0.15, -0.1) is 5.10 Å². The Bertz CT molecular complexity index is 1050. The number of aromatic nitrogens is 1. The minimum atomic E-state index is -0.375. The van der Waals surface area contributed by atoms with E-state index in [1.165, 1.54) is 11.3 Å². The molecular weight excluding hydrogens is 348 g/mol. The van der Waals surface area contributed by atoms with Crippen molar-refractivity contribution < 1.29 is 9.59 Å². The largest absolute Gasteiger partial charge is 0.343 e. The lowest BCUT2D eigenvalue weighted by Crippen LogP contribution is -2.36. The lowest BCUT2D eigenvalue weighted by Gasteiger charge is -2.06. The maximum absolute atomic E-state index is 12.1. The van der Waals surface area contributed by atoms with Crippen LogP contribution in [-0.4, -0.2) is 22.9 Å². The van der Waals surface area contributed by atoms with Crippen molar-refractivity contribution in [1.82, 2.24) is 15.3 Å². The molecule has 3 aromatic rings. The summed E-state index contributed by atoms with van der Waals surface area (Å²) in [5.41, 5.74) is 6.23. The molecule has 1 heterocycles. The number of para-hydroxylation sites is 1. The smallest absolute Gasteiger partial charge is 0.259 e. The summed E-state index contributed by atoms with van der Waals surface area (Å²) in [6.07, 6.45) is 0. The second-order valence-corrected chi connectivity index (χ2v) is 7.05. The van der Waals surface area contributed by atoms with E-state index in [4.69, 9.17) is 0 Å². The Kier molecular flexibility index (Phi) is 5.18. The second kappa shape index (κ2) is 7.53. The maximum Gasteiger partial charge on any atom is 0.259 e. The number of nitrogens with one attached hydrogen (secondary N) is 2. The molecule has 0 aliphatic heterocycles. The van der Waals surface area contributed by atoms with Gasteiger partial charge in [-0.3, -0.25) is 9.59 Å². The van der Waals surface area contributed by atoms with Gasteiger partial charge in [0.15, 0.2) is 0 Å². The van der Waals surface area contributed by atoms with Gasteiger partial charge in [-0.2, -0.15) is 0 Å². The predicted molar refractivity (Wildman–Crippen MR) is 103 cm³/mol. The summed E-state index contributed by atoms with van der Waals surface area (Å²) >= 11 is 1.48. The van der Waals surface area contributed by atoms with E-state index in [1.807, 2.05) is 61.9 Å². The summed E-state index contributed by atoms with van der Waals surface area (Å²) in [6.45, 7) is 3.80. The standard InChI is InChI=1S/C19H20N4O2S/c1-12-8-9-14(10-13(12)2)18(25)20-11-17(24)21-22-19-23(3)15-6-4-5-7-16(15)26-19/h4-10H,11H2,1-3H3,(H,20,25)(H,21,24)/b22-19-. The normalized spacial score (nSPS) is 11.6. The molecule has 134 valence electrons. The van der Waals surface area contributed by atoms with Gasteiger partial charge in [-0.1, -0.05) is 29.5 Å². The highest BCUT2D eigenvalue weighted by molar-refractivity contribution is 7.16. The second-order valence-electron chi connectivity index (χ2n) is 6.04. The summed E-state index contributed by atoms with van der Waals surface area (Å²) in [5.74, 6) is -0.657. The zero-order chi connectivity index (χ0) is 18.7. The Hall–Kier alpha value is -2.93. The van der Waals surface area contributed by atoms with Crippen LogP contribution in [0, 0.1) is 13.8 Å². The first-order valence-corrected chi connectivity index (χ1v) is 9.00. The van der Waals surface area contributed by atoms with Crippen LogP contribution >= 0.6 is 11.3 Å². The molecule has 0 unspecified atom stereocenters. The van der Waals surface area contributed by atoms with E-state index >= 15 is 0 Å². The molecule has 1 aromatic heterocycles. The molecule has 0 saturated heterocycles. The molecule has 2 N–H and O–H groups in total. The molecule has 26 heavy (non-hydrogen) atoms. The van der Waals surface area contributed by atoms with Crippen LogP contribution in [0.2, 0.25) is 0 Å². The van der Waals surface area contributed by atoms with Gasteiger partial charge in [-0.05, 0) is 49.2 Å². The van der Waals surface area contributed by atoms with Gasteiger partial charge >= 0.3 is 0 Å².